The van der Waals surface area contributed by atoms with Gasteiger partial charge in [0.05, 0.1) is 11.7 Å². The highest BCUT2D eigenvalue weighted by Gasteiger charge is 1.92. The highest BCUT2D eigenvalue weighted by atomic mass is 32.1. The minimum Gasteiger partial charge on any atom is -0.228 e. The number of thiocarbonyl (C=S) groups is 1. The lowest BCUT2D eigenvalue weighted by Gasteiger charge is -1.99. The summed E-state index contributed by atoms with van der Waals surface area (Å²) in [6, 6.07) is 8.50. The fourth-order valence-corrected chi connectivity index (χ4v) is 1.29. The maximum atomic E-state index is 4.50. The number of benzene rings is 1. The molecule has 13 heavy (non-hydrogen) atoms. The average Bonchev–Trinajstić information content (AvgIpc) is 2.17. The molecule has 1 aromatic rings. The van der Waals surface area contributed by atoms with Gasteiger partial charge in [0.25, 0.3) is 0 Å². The van der Waals surface area contributed by atoms with Crippen molar-refractivity contribution in [3.63, 3.8) is 0 Å². The maximum Gasteiger partial charge on any atom is 0.0743 e. The van der Waals surface area contributed by atoms with Crippen LogP contribution in [-0.4, -0.2) is 5.16 Å². The molecule has 0 N–H and O–H groups in total. The summed E-state index contributed by atoms with van der Waals surface area (Å²) in [7, 11) is 0. The van der Waals surface area contributed by atoms with E-state index in [-0.39, 0.29) is 0 Å². The van der Waals surface area contributed by atoms with Crippen LogP contribution in [0.1, 0.15) is 24.5 Å². The molecule has 0 fully saturated rings. The zero-order valence-corrected chi connectivity index (χ0v) is 8.60. The Kier molecular flexibility index (Phi) is 4.37. The van der Waals surface area contributed by atoms with E-state index in [0.29, 0.717) is 6.54 Å². The van der Waals surface area contributed by atoms with Gasteiger partial charge in [-0.2, -0.15) is 0 Å². The Hall–Kier alpha value is -0.980. The summed E-state index contributed by atoms with van der Waals surface area (Å²) in [5.41, 5.74) is 2.58. The highest BCUT2D eigenvalue weighted by Crippen LogP contribution is 2.07. The van der Waals surface area contributed by atoms with Crippen molar-refractivity contribution in [2.24, 2.45) is 4.99 Å². The van der Waals surface area contributed by atoms with Gasteiger partial charge in [-0.15, -0.1) is 0 Å². The Morgan fingerprint density at radius 1 is 1.23 bits per heavy atom. The molecule has 0 aromatic heterocycles. The lowest BCUT2D eigenvalue weighted by molar-refractivity contribution is 0.919. The lowest BCUT2D eigenvalue weighted by atomic mass is 10.1. The molecule has 0 amide bonds. The molecule has 0 aliphatic rings. The zero-order chi connectivity index (χ0) is 9.52. The normalized spacial score (nSPS) is 9.31. The third-order valence-electron chi connectivity index (χ3n) is 1.89. The monoisotopic (exact) mass is 191 g/mol. The zero-order valence-electron chi connectivity index (χ0n) is 7.79. The second-order valence-electron chi connectivity index (χ2n) is 2.97. The van der Waals surface area contributed by atoms with E-state index in [2.05, 4.69) is 53.6 Å². The number of rotatable bonds is 4. The topological polar surface area (TPSA) is 12.4 Å². The predicted octanol–water partition coefficient (Wildman–Crippen LogP) is 3.24. The van der Waals surface area contributed by atoms with Crippen molar-refractivity contribution < 1.29 is 0 Å². The van der Waals surface area contributed by atoms with E-state index in [0.717, 1.165) is 6.42 Å². The van der Waals surface area contributed by atoms with Gasteiger partial charge in [-0.3, -0.25) is 0 Å². The van der Waals surface area contributed by atoms with E-state index in [4.69, 9.17) is 0 Å². The van der Waals surface area contributed by atoms with E-state index in [1.165, 1.54) is 17.5 Å². The Bertz CT molecular complexity index is 296. The Morgan fingerprint density at radius 3 is 2.38 bits per heavy atom. The Morgan fingerprint density at radius 2 is 1.85 bits per heavy atom. The molecule has 0 spiro atoms. The second-order valence-corrected chi connectivity index (χ2v) is 3.16. The van der Waals surface area contributed by atoms with Gasteiger partial charge in [0.2, 0.25) is 0 Å². The first kappa shape index (κ1) is 10.1. The summed E-state index contributed by atoms with van der Waals surface area (Å²) >= 11 is 4.50. The number of nitrogens with zero attached hydrogens (tertiary/aromatic N) is 1. The Balaban J connectivity index is 2.63. The fraction of sp³-hybridized carbons (Fsp3) is 0.364. The maximum absolute atomic E-state index is 4.50. The van der Waals surface area contributed by atoms with Crippen molar-refractivity contribution in [2.75, 3.05) is 0 Å². The number of hydrogen-bond donors (Lipinski definition) is 0. The molecule has 0 unspecified atom stereocenters. The fourth-order valence-electron chi connectivity index (χ4n) is 1.22. The predicted molar refractivity (Wildman–Crippen MR) is 59.2 cm³/mol. The number of hydrogen-bond acceptors (Lipinski definition) is 2. The van der Waals surface area contributed by atoms with Crippen molar-refractivity contribution in [1.29, 1.82) is 0 Å². The van der Waals surface area contributed by atoms with Gasteiger partial charge < -0.3 is 0 Å². The number of isothiocyanates is 1. The molecule has 0 heterocycles. The van der Waals surface area contributed by atoms with E-state index in [1.54, 1.807) is 0 Å². The molecular formula is C11H13NS. The molecule has 2 heteroatoms. The summed E-state index contributed by atoms with van der Waals surface area (Å²) in [6.45, 7) is 2.83. The van der Waals surface area contributed by atoms with Crippen molar-refractivity contribution in [2.45, 2.75) is 26.3 Å². The van der Waals surface area contributed by atoms with Crippen molar-refractivity contribution in [1.82, 2.24) is 0 Å². The summed E-state index contributed by atoms with van der Waals surface area (Å²) in [6.07, 6.45) is 2.34. The van der Waals surface area contributed by atoms with Crippen LogP contribution in [0.3, 0.4) is 0 Å². The van der Waals surface area contributed by atoms with Gasteiger partial charge in [0, 0.05) is 0 Å². The first-order chi connectivity index (χ1) is 6.36. The third kappa shape index (κ3) is 3.49. The molecule has 0 bridgehead atoms. The van der Waals surface area contributed by atoms with Gasteiger partial charge >= 0.3 is 0 Å². The van der Waals surface area contributed by atoms with Crippen LogP contribution in [0.15, 0.2) is 29.3 Å². The molecular weight excluding hydrogens is 178 g/mol. The van der Waals surface area contributed by atoms with Crippen LogP contribution < -0.4 is 0 Å². The van der Waals surface area contributed by atoms with Gasteiger partial charge in [-0.25, -0.2) is 4.99 Å². The first-order valence-corrected chi connectivity index (χ1v) is 4.89. The lowest BCUT2D eigenvalue weighted by Crippen LogP contribution is -1.85. The molecule has 1 rings (SSSR count). The molecule has 1 aromatic carbocycles. The van der Waals surface area contributed by atoms with E-state index in [1.807, 2.05) is 0 Å². The van der Waals surface area contributed by atoms with Crippen molar-refractivity contribution >= 4 is 17.4 Å². The van der Waals surface area contributed by atoms with Gasteiger partial charge in [-0.1, -0.05) is 37.6 Å². The van der Waals surface area contributed by atoms with Gasteiger partial charge in [0.15, 0.2) is 0 Å². The largest absolute Gasteiger partial charge is 0.228 e. The van der Waals surface area contributed by atoms with Gasteiger partial charge in [0.1, 0.15) is 0 Å². The first-order valence-electron chi connectivity index (χ1n) is 4.48. The highest BCUT2D eigenvalue weighted by molar-refractivity contribution is 7.78. The SMILES string of the molecule is CCCc1ccc(CN=C=S)cc1. The summed E-state index contributed by atoms with van der Waals surface area (Å²) in [5, 5.41) is 2.36. The van der Waals surface area contributed by atoms with Crippen LogP contribution in [0, 0.1) is 0 Å². The smallest absolute Gasteiger partial charge is 0.0743 e. The quantitative estimate of drug-likeness (QED) is 0.525. The van der Waals surface area contributed by atoms with Crippen LogP contribution >= 0.6 is 12.2 Å². The molecule has 0 aliphatic heterocycles. The molecule has 68 valence electrons. The molecule has 0 aliphatic carbocycles. The molecule has 0 atom stereocenters. The average molecular weight is 191 g/mol. The van der Waals surface area contributed by atoms with Crippen LogP contribution in [0.5, 0.6) is 0 Å². The van der Waals surface area contributed by atoms with E-state index >= 15 is 0 Å². The third-order valence-corrected chi connectivity index (χ3v) is 2.02. The minimum absolute atomic E-state index is 0.649. The van der Waals surface area contributed by atoms with Gasteiger partial charge in [-0.05, 0) is 29.8 Å². The minimum atomic E-state index is 0.649. The molecule has 0 saturated carbocycles. The van der Waals surface area contributed by atoms with Crippen molar-refractivity contribution in [3.05, 3.63) is 35.4 Å². The molecule has 1 nitrogen and oxygen atoms in total. The van der Waals surface area contributed by atoms with E-state index in [9.17, 15) is 0 Å². The second kappa shape index (κ2) is 5.63. The van der Waals surface area contributed by atoms with Crippen LogP contribution in [0.2, 0.25) is 0 Å². The van der Waals surface area contributed by atoms with Crippen LogP contribution in [0.25, 0.3) is 0 Å². The number of aryl methyl sites for hydroxylation is 1. The summed E-state index contributed by atoms with van der Waals surface area (Å²) in [5.74, 6) is 0. The van der Waals surface area contributed by atoms with Crippen LogP contribution in [-0.2, 0) is 13.0 Å². The summed E-state index contributed by atoms with van der Waals surface area (Å²) in [4.78, 5) is 3.88. The van der Waals surface area contributed by atoms with Crippen molar-refractivity contribution in [3.8, 4) is 0 Å². The summed E-state index contributed by atoms with van der Waals surface area (Å²) < 4.78 is 0. The Labute approximate surface area is 84.5 Å². The molecule has 0 saturated heterocycles. The van der Waals surface area contributed by atoms with E-state index < -0.39 is 0 Å². The number of aliphatic imine (C=N–C) groups is 1. The standard InChI is InChI=1S/C11H13NS/c1-2-3-10-4-6-11(7-5-10)8-12-9-13/h4-7H,2-3,8H2,1H3. The van der Waals surface area contributed by atoms with Crippen LogP contribution in [0.4, 0.5) is 0 Å². The molecule has 0 radical (unpaired) electrons.